The summed E-state index contributed by atoms with van der Waals surface area (Å²) in [7, 11) is 1.75. The molecule has 0 unspecified atom stereocenters. The summed E-state index contributed by atoms with van der Waals surface area (Å²) in [5.41, 5.74) is 2.01. The molecule has 5 nitrogen and oxygen atoms in total. The van der Waals surface area contributed by atoms with Gasteiger partial charge in [0.05, 0.1) is 0 Å². The maximum atomic E-state index is 12.2. The largest absolute Gasteiger partial charge is 0.323 e. The van der Waals surface area contributed by atoms with Gasteiger partial charge in [0.1, 0.15) is 0 Å². The summed E-state index contributed by atoms with van der Waals surface area (Å²) in [6.07, 6.45) is 0. The lowest BCUT2D eigenvalue weighted by Gasteiger charge is -2.16. The summed E-state index contributed by atoms with van der Waals surface area (Å²) in [6.45, 7) is 0.539. The minimum atomic E-state index is -0.204. The zero-order valence-corrected chi connectivity index (χ0v) is 13.5. The second-order valence-electron chi connectivity index (χ2n) is 5.06. The molecule has 0 saturated carbocycles. The molecule has 0 saturated heterocycles. The normalized spacial score (nSPS) is 10.3. The Labute approximate surface area is 138 Å². The first-order valence-electron chi connectivity index (χ1n) is 7.17. The summed E-state index contributed by atoms with van der Waals surface area (Å²) in [4.78, 5) is 18.2. The first-order chi connectivity index (χ1) is 11.2. The van der Waals surface area contributed by atoms with Gasteiger partial charge in [0.25, 0.3) is 0 Å². The van der Waals surface area contributed by atoms with Crippen molar-refractivity contribution >= 4 is 22.7 Å². The highest BCUT2D eigenvalue weighted by Gasteiger charge is 2.13. The molecule has 0 aliphatic rings. The van der Waals surface area contributed by atoms with Crippen LogP contribution in [-0.2, 0) is 6.54 Å². The highest BCUT2D eigenvalue weighted by atomic mass is 32.1. The zero-order chi connectivity index (χ0) is 16.1. The summed E-state index contributed by atoms with van der Waals surface area (Å²) >= 11 is 1.18. The van der Waals surface area contributed by atoms with Gasteiger partial charge in [0.15, 0.2) is 5.82 Å². The molecule has 0 atom stereocenters. The van der Waals surface area contributed by atoms with Crippen LogP contribution >= 0.6 is 11.5 Å². The summed E-state index contributed by atoms with van der Waals surface area (Å²) in [5, 5.41) is 3.28. The predicted octanol–water partition coefficient (Wildman–Crippen LogP) is 3.87. The lowest BCUT2D eigenvalue weighted by atomic mass is 10.2. The Morgan fingerprint density at radius 3 is 2.43 bits per heavy atom. The number of urea groups is 1. The molecule has 23 heavy (non-hydrogen) atoms. The van der Waals surface area contributed by atoms with Gasteiger partial charge in [-0.05, 0) is 5.56 Å². The van der Waals surface area contributed by atoms with Crippen molar-refractivity contribution in [2.75, 3.05) is 12.4 Å². The van der Waals surface area contributed by atoms with Crippen LogP contribution in [0.4, 0.5) is 9.93 Å². The Morgan fingerprint density at radius 1 is 1.09 bits per heavy atom. The number of nitrogens with one attached hydrogen (secondary N) is 1. The predicted molar refractivity (Wildman–Crippen MR) is 92.3 cm³/mol. The smallest absolute Gasteiger partial charge is 0.323 e. The van der Waals surface area contributed by atoms with Crippen molar-refractivity contribution in [3.8, 4) is 11.4 Å². The van der Waals surface area contributed by atoms with E-state index in [0.29, 0.717) is 17.5 Å². The van der Waals surface area contributed by atoms with Crippen LogP contribution < -0.4 is 5.32 Å². The number of rotatable bonds is 4. The first-order valence-corrected chi connectivity index (χ1v) is 7.95. The van der Waals surface area contributed by atoms with E-state index in [1.54, 1.807) is 11.9 Å². The van der Waals surface area contributed by atoms with E-state index in [-0.39, 0.29) is 6.03 Å². The summed E-state index contributed by atoms with van der Waals surface area (Å²) < 4.78 is 4.28. The number of nitrogens with zero attached hydrogens (tertiary/aromatic N) is 3. The fraction of sp³-hybridized carbons (Fsp3) is 0.118. The van der Waals surface area contributed by atoms with Crippen molar-refractivity contribution in [2.24, 2.45) is 0 Å². The molecule has 6 heteroatoms. The highest BCUT2D eigenvalue weighted by Crippen LogP contribution is 2.20. The van der Waals surface area contributed by atoms with Gasteiger partial charge in [-0.2, -0.15) is 9.36 Å². The van der Waals surface area contributed by atoms with Gasteiger partial charge in [-0.25, -0.2) is 4.79 Å². The lowest BCUT2D eigenvalue weighted by Crippen LogP contribution is -2.30. The number of hydrogen-bond donors (Lipinski definition) is 1. The van der Waals surface area contributed by atoms with Crippen LogP contribution in [0.2, 0.25) is 0 Å². The van der Waals surface area contributed by atoms with Crippen molar-refractivity contribution < 1.29 is 4.79 Å². The molecule has 0 bridgehead atoms. The Kier molecular flexibility index (Phi) is 4.63. The highest BCUT2D eigenvalue weighted by molar-refractivity contribution is 7.10. The fourth-order valence-electron chi connectivity index (χ4n) is 2.09. The van der Waals surface area contributed by atoms with E-state index in [9.17, 15) is 4.79 Å². The number of benzene rings is 2. The summed E-state index contributed by atoms with van der Waals surface area (Å²) in [6, 6.07) is 19.3. The van der Waals surface area contributed by atoms with E-state index >= 15 is 0 Å². The monoisotopic (exact) mass is 324 g/mol. The average molecular weight is 324 g/mol. The first kappa shape index (κ1) is 15.2. The van der Waals surface area contributed by atoms with Crippen LogP contribution in [0.25, 0.3) is 11.4 Å². The third-order valence-corrected chi connectivity index (χ3v) is 3.91. The molecule has 0 aliphatic carbocycles. The van der Waals surface area contributed by atoms with Crippen LogP contribution in [-0.4, -0.2) is 27.3 Å². The molecule has 1 aromatic heterocycles. The van der Waals surface area contributed by atoms with E-state index in [2.05, 4.69) is 14.7 Å². The van der Waals surface area contributed by atoms with Crippen LogP contribution in [0.5, 0.6) is 0 Å². The van der Waals surface area contributed by atoms with E-state index < -0.39 is 0 Å². The van der Waals surface area contributed by atoms with Crippen molar-refractivity contribution in [3.05, 3.63) is 66.2 Å². The summed E-state index contributed by atoms with van der Waals surface area (Å²) in [5.74, 6) is 0.622. The van der Waals surface area contributed by atoms with Crippen molar-refractivity contribution in [3.63, 3.8) is 0 Å². The lowest BCUT2D eigenvalue weighted by molar-refractivity contribution is 0.220. The molecule has 0 radical (unpaired) electrons. The Hall–Kier alpha value is -2.73. The maximum Gasteiger partial charge on any atom is 0.323 e. The molecule has 0 fully saturated rings. The Morgan fingerprint density at radius 2 is 1.74 bits per heavy atom. The van der Waals surface area contributed by atoms with Crippen LogP contribution in [0.1, 0.15) is 5.56 Å². The second-order valence-corrected chi connectivity index (χ2v) is 5.81. The number of amides is 2. The van der Waals surface area contributed by atoms with E-state index in [0.717, 1.165) is 11.1 Å². The Balaban J connectivity index is 1.63. The van der Waals surface area contributed by atoms with Gasteiger partial charge in [-0.1, -0.05) is 60.7 Å². The molecular weight excluding hydrogens is 308 g/mol. The minimum absolute atomic E-state index is 0.204. The van der Waals surface area contributed by atoms with Crippen LogP contribution in [0.15, 0.2) is 60.7 Å². The zero-order valence-electron chi connectivity index (χ0n) is 12.6. The molecular formula is C17H16N4OS. The van der Waals surface area contributed by atoms with Crippen molar-refractivity contribution in [1.29, 1.82) is 0 Å². The van der Waals surface area contributed by atoms with E-state index in [4.69, 9.17) is 0 Å². The standard InChI is InChI=1S/C17H16N4OS/c1-21(12-13-8-4-2-5-9-13)17(22)19-16-18-15(20-23-16)14-10-6-3-7-11-14/h2-11H,12H2,1H3,(H,18,19,20,22). The molecule has 1 N–H and O–H groups in total. The molecule has 116 valence electrons. The molecule has 2 amide bonds. The topological polar surface area (TPSA) is 58.1 Å². The van der Waals surface area contributed by atoms with Gasteiger partial charge < -0.3 is 4.90 Å². The van der Waals surface area contributed by atoms with Crippen molar-refractivity contribution in [1.82, 2.24) is 14.3 Å². The molecule has 3 aromatic rings. The number of carbonyl (C=O) groups excluding carboxylic acids is 1. The van der Waals surface area contributed by atoms with Gasteiger partial charge in [0.2, 0.25) is 5.13 Å². The van der Waals surface area contributed by atoms with Gasteiger partial charge in [-0.3, -0.25) is 5.32 Å². The Bertz CT molecular complexity index is 774. The SMILES string of the molecule is CN(Cc1ccccc1)C(=O)Nc1nc(-c2ccccc2)ns1. The average Bonchev–Trinajstić information content (AvgIpc) is 3.05. The van der Waals surface area contributed by atoms with Crippen LogP contribution in [0, 0.1) is 0 Å². The number of aromatic nitrogens is 2. The number of hydrogen-bond acceptors (Lipinski definition) is 4. The van der Waals surface area contributed by atoms with Gasteiger partial charge >= 0.3 is 6.03 Å². The third kappa shape index (κ3) is 3.92. The molecule has 1 heterocycles. The van der Waals surface area contributed by atoms with Gasteiger partial charge in [-0.15, -0.1) is 0 Å². The minimum Gasteiger partial charge on any atom is -0.323 e. The number of carbonyl (C=O) groups is 1. The van der Waals surface area contributed by atoms with Crippen LogP contribution in [0.3, 0.4) is 0 Å². The third-order valence-electron chi connectivity index (χ3n) is 3.28. The molecule has 0 aliphatic heterocycles. The molecule has 3 rings (SSSR count). The maximum absolute atomic E-state index is 12.2. The van der Waals surface area contributed by atoms with Crippen molar-refractivity contribution in [2.45, 2.75) is 6.54 Å². The molecule has 2 aromatic carbocycles. The van der Waals surface area contributed by atoms with E-state index in [1.807, 2.05) is 60.7 Å². The van der Waals surface area contributed by atoms with Gasteiger partial charge in [0, 0.05) is 30.7 Å². The van der Waals surface area contributed by atoms with E-state index in [1.165, 1.54) is 11.5 Å². The second kappa shape index (κ2) is 7.02. The quantitative estimate of drug-likeness (QED) is 0.792. The molecule has 0 spiro atoms. The fourth-order valence-corrected chi connectivity index (χ4v) is 2.67. The number of anilines is 1.